The van der Waals surface area contributed by atoms with Gasteiger partial charge in [-0.3, -0.25) is 0 Å². The van der Waals surface area contributed by atoms with Crippen molar-refractivity contribution < 1.29 is 19.7 Å². The Morgan fingerprint density at radius 1 is 1.56 bits per heavy atom. The summed E-state index contributed by atoms with van der Waals surface area (Å²) in [6.07, 6.45) is -1.63. The molecule has 0 fully saturated rings. The Kier molecular flexibility index (Phi) is 3.48. The van der Waals surface area contributed by atoms with E-state index in [9.17, 15) is 9.90 Å². The maximum absolute atomic E-state index is 10.6. The van der Waals surface area contributed by atoms with Crippen LogP contribution in [0.3, 0.4) is 0 Å². The number of hydrogen-bond acceptors (Lipinski definition) is 4. The molecule has 0 aromatic heterocycles. The average Bonchev–Trinajstić information content (AvgIpc) is 2.27. The SMILES string of the molecule is COc1ccc(C(O)C(=O)O)c(C)c1C#N. The van der Waals surface area contributed by atoms with Crippen LogP contribution in [0.25, 0.3) is 0 Å². The summed E-state index contributed by atoms with van der Waals surface area (Å²) in [5.41, 5.74) is 0.849. The quantitative estimate of drug-likeness (QED) is 0.794. The highest BCUT2D eigenvalue weighted by molar-refractivity contribution is 5.75. The lowest BCUT2D eigenvalue weighted by Crippen LogP contribution is -2.12. The molecule has 0 heterocycles. The highest BCUT2D eigenvalue weighted by Gasteiger charge is 2.21. The summed E-state index contributed by atoms with van der Waals surface area (Å²) in [5, 5.41) is 27.0. The molecule has 0 saturated carbocycles. The van der Waals surface area contributed by atoms with E-state index in [4.69, 9.17) is 15.1 Å². The smallest absolute Gasteiger partial charge is 0.337 e. The summed E-state index contributed by atoms with van der Waals surface area (Å²) in [5.74, 6) is -0.988. The van der Waals surface area contributed by atoms with Crippen LogP contribution in [-0.2, 0) is 4.79 Å². The van der Waals surface area contributed by atoms with E-state index in [-0.39, 0.29) is 11.1 Å². The second-order valence-electron chi connectivity index (χ2n) is 3.21. The van der Waals surface area contributed by atoms with Gasteiger partial charge >= 0.3 is 5.97 Å². The lowest BCUT2D eigenvalue weighted by atomic mass is 9.98. The third-order valence-electron chi connectivity index (χ3n) is 2.33. The van der Waals surface area contributed by atoms with Gasteiger partial charge in [-0.25, -0.2) is 4.79 Å². The highest BCUT2D eigenvalue weighted by atomic mass is 16.5. The van der Waals surface area contributed by atoms with Gasteiger partial charge in [-0.2, -0.15) is 5.26 Å². The van der Waals surface area contributed by atoms with Crippen molar-refractivity contribution in [2.75, 3.05) is 7.11 Å². The monoisotopic (exact) mass is 221 g/mol. The molecule has 0 aliphatic heterocycles. The van der Waals surface area contributed by atoms with Crippen molar-refractivity contribution in [2.24, 2.45) is 0 Å². The molecule has 1 rings (SSSR count). The number of rotatable bonds is 3. The summed E-state index contributed by atoms with van der Waals surface area (Å²) < 4.78 is 4.96. The van der Waals surface area contributed by atoms with E-state index >= 15 is 0 Å². The molecular weight excluding hydrogens is 210 g/mol. The zero-order valence-electron chi connectivity index (χ0n) is 8.89. The molecule has 0 amide bonds. The molecule has 1 aromatic carbocycles. The minimum Gasteiger partial charge on any atom is -0.495 e. The molecule has 16 heavy (non-hydrogen) atoms. The van der Waals surface area contributed by atoms with Gasteiger partial charge in [-0.1, -0.05) is 6.07 Å². The summed E-state index contributed by atoms with van der Waals surface area (Å²) in [6.45, 7) is 1.57. The number of ether oxygens (including phenoxy) is 1. The third-order valence-corrected chi connectivity index (χ3v) is 2.33. The van der Waals surface area contributed by atoms with Crippen LogP contribution < -0.4 is 4.74 Å². The molecule has 84 valence electrons. The normalized spacial score (nSPS) is 11.6. The molecule has 0 aliphatic carbocycles. The van der Waals surface area contributed by atoms with E-state index < -0.39 is 12.1 Å². The number of aliphatic hydroxyl groups is 1. The third kappa shape index (κ3) is 1.97. The predicted octanol–water partition coefficient (Wildman–Crippen LogP) is 0.993. The Balaban J connectivity index is 3.36. The fourth-order valence-electron chi connectivity index (χ4n) is 1.44. The van der Waals surface area contributed by atoms with E-state index in [1.165, 1.54) is 19.2 Å². The van der Waals surface area contributed by atoms with Gasteiger partial charge in [0.25, 0.3) is 0 Å². The molecule has 1 atom stereocenters. The first-order chi connectivity index (χ1) is 7.52. The number of carbonyl (C=O) groups is 1. The topological polar surface area (TPSA) is 90.6 Å². The zero-order valence-corrected chi connectivity index (χ0v) is 8.89. The van der Waals surface area contributed by atoms with Crippen molar-refractivity contribution in [3.05, 3.63) is 28.8 Å². The maximum Gasteiger partial charge on any atom is 0.337 e. The molecule has 0 aliphatic rings. The van der Waals surface area contributed by atoms with Crippen molar-refractivity contribution in [1.82, 2.24) is 0 Å². The average molecular weight is 221 g/mol. The van der Waals surface area contributed by atoms with Gasteiger partial charge < -0.3 is 14.9 Å². The van der Waals surface area contributed by atoms with E-state index in [1.807, 2.05) is 6.07 Å². The lowest BCUT2D eigenvalue weighted by Gasteiger charge is -2.12. The Hall–Kier alpha value is -2.06. The van der Waals surface area contributed by atoms with E-state index in [0.29, 0.717) is 11.3 Å². The van der Waals surface area contributed by atoms with Crippen LogP contribution in [0, 0.1) is 18.3 Å². The lowest BCUT2D eigenvalue weighted by molar-refractivity contribution is -0.147. The predicted molar refractivity (Wildman–Crippen MR) is 55.0 cm³/mol. The number of nitrogens with zero attached hydrogens (tertiary/aromatic N) is 1. The second-order valence-corrected chi connectivity index (χ2v) is 3.21. The van der Waals surface area contributed by atoms with Crippen molar-refractivity contribution in [3.63, 3.8) is 0 Å². The van der Waals surface area contributed by atoms with E-state index in [2.05, 4.69) is 0 Å². The van der Waals surface area contributed by atoms with Gasteiger partial charge in [0.1, 0.15) is 11.8 Å². The Morgan fingerprint density at radius 3 is 2.62 bits per heavy atom. The van der Waals surface area contributed by atoms with Gasteiger partial charge in [0.15, 0.2) is 6.10 Å². The summed E-state index contributed by atoms with van der Waals surface area (Å²) in [7, 11) is 1.42. The second kappa shape index (κ2) is 4.64. The molecular formula is C11H11NO4. The Morgan fingerprint density at radius 2 is 2.19 bits per heavy atom. The number of carboxylic acid groups (broad SMARTS) is 1. The molecule has 0 bridgehead atoms. The standard InChI is InChI=1S/C11H11NO4/c1-6-7(10(13)11(14)15)3-4-9(16-2)8(6)5-12/h3-4,10,13H,1-2H3,(H,14,15). The van der Waals surface area contributed by atoms with Gasteiger partial charge in [0.2, 0.25) is 0 Å². The Bertz CT molecular complexity index is 462. The van der Waals surface area contributed by atoms with E-state index in [0.717, 1.165) is 0 Å². The molecule has 1 unspecified atom stereocenters. The minimum atomic E-state index is -1.63. The first-order valence-electron chi connectivity index (χ1n) is 4.51. The van der Waals surface area contributed by atoms with Crippen molar-refractivity contribution in [1.29, 1.82) is 5.26 Å². The minimum absolute atomic E-state index is 0.199. The molecule has 0 radical (unpaired) electrons. The van der Waals surface area contributed by atoms with Crippen LogP contribution >= 0.6 is 0 Å². The first-order valence-corrected chi connectivity index (χ1v) is 4.51. The fourth-order valence-corrected chi connectivity index (χ4v) is 1.44. The number of aliphatic carboxylic acids is 1. The van der Waals surface area contributed by atoms with Crippen LogP contribution in [0.15, 0.2) is 12.1 Å². The summed E-state index contributed by atoms with van der Waals surface area (Å²) in [6, 6.07) is 4.82. The summed E-state index contributed by atoms with van der Waals surface area (Å²) >= 11 is 0. The first kappa shape index (κ1) is 12.0. The number of aliphatic hydroxyl groups excluding tert-OH is 1. The molecule has 5 heteroatoms. The summed E-state index contributed by atoms with van der Waals surface area (Å²) in [4.78, 5) is 10.6. The molecule has 2 N–H and O–H groups in total. The maximum atomic E-state index is 10.6. The highest BCUT2D eigenvalue weighted by Crippen LogP contribution is 2.27. The van der Waals surface area contributed by atoms with Gasteiger partial charge in [-0.15, -0.1) is 0 Å². The van der Waals surface area contributed by atoms with Crippen molar-refractivity contribution in [3.8, 4) is 11.8 Å². The van der Waals surface area contributed by atoms with Gasteiger partial charge in [0.05, 0.1) is 12.7 Å². The van der Waals surface area contributed by atoms with Crippen molar-refractivity contribution >= 4 is 5.97 Å². The number of hydrogen-bond donors (Lipinski definition) is 2. The van der Waals surface area contributed by atoms with Crippen LogP contribution in [0.2, 0.25) is 0 Å². The van der Waals surface area contributed by atoms with Gasteiger partial charge in [-0.05, 0) is 24.1 Å². The van der Waals surface area contributed by atoms with Crippen LogP contribution in [0.5, 0.6) is 5.75 Å². The van der Waals surface area contributed by atoms with Gasteiger partial charge in [0, 0.05) is 0 Å². The number of nitriles is 1. The van der Waals surface area contributed by atoms with Crippen LogP contribution in [0.1, 0.15) is 22.8 Å². The molecule has 0 saturated heterocycles. The zero-order chi connectivity index (χ0) is 12.3. The number of benzene rings is 1. The van der Waals surface area contributed by atoms with Crippen LogP contribution in [0.4, 0.5) is 0 Å². The van der Waals surface area contributed by atoms with E-state index in [1.54, 1.807) is 6.92 Å². The largest absolute Gasteiger partial charge is 0.495 e. The molecule has 0 spiro atoms. The van der Waals surface area contributed by atoms with Crippen LogP contribution in [-0.4, -0.2) is 23.3 Å². The number of methoxy groups -OCH3 is 1. The molecule has 5 nitrogen and oxygen atoms in total. The molecule has 1 aromatic rings. The van der Waals surface area contributed by atoms with Crippen molar-refractivity contribution in [2.45, 2.75) is 13.0 Å². The Labute approximate surface area is 92.5 Å². The fraction of sp³-hybridized carbons (Fsp3) is 0.273. The number of carboxylic acids is 1.